The van der Waals surface area contributed by atoms with Crippen molar-refractivity contribution in [3.63, 3.8) is 0 Å². The third kappa shape index (κ3) is 3.36. The van der Waals surface area contributed by atoms with Crippen LogP contribution in [-0.2, 0) is 6.42 Å². The molecule has 2 aromatic rings. The predicted octanol–water partition coefficient (Wildman–Crippen LogP) is 3.61. The lowest BCUT2D eigenvalue weighted by atomic mass is 9.99. The highest BCUT2D eigenvalue weighted by Gasteiger charge is 2.23. The Hall–Kier alpha value is -1.87. The highest BCUT2D eigenvalue weighted by atomic mass is 19.1. The zero-order valence-electron chi connectivity index (χ0n) is 11.3. The lowest BCUT2D eigenvalue weighted by molar-refractivity contribution is 0.302. The maximum absolute atomic E-state index is 13.2. The number of halogens is 1. The van der Waals surface area contributed by atoms with E-state index < -0.39 is 0 Å². The van der Waals surface area contributed by atoms with E-state index in [-0.39, 0.29) is 11.9 Å². The lowest BCUT2D eigenvalue weighted by Gasteiger charge is -2.14. The molecule has 1 aliphatic carbocycles. The van der Waals surface area contributed by atoms with E-state index in [1.807, 2.05) is 30.3 Å². The topological polar surface area (TPSA) is 35.2 Å². The molecule has 0 radical (unpaired) electrons. The molecule has 1 atom stereocenters. The standard InChI is InChI=1S/C17H18FNO/c18-14-5-1-3-12(9-14)10-17(19)13-4-2-6-16(11-13)20-15-7-8-15/h1-6,9,11,15,17H,7-8,10,19H2. The Kier molecular flexibility index (Phi) is 3.70. The summed E-state index contributed by atoms with van der Waals surface area (Å²) in [6, 6.07) is 14.3. The highest BCUT2D eigenvalue weighted by Crippen LogP contribution is 2.28. The molecular formula is C17H18FNO. The number of hydrogen-bond donors (Lipinski definition) is 1. The Morgan fingerprint density at radius 3 is 2.70 bits per heavy atom. The number of benzene rings is 2. The summed E-state index contributed by atoms with van der Waals surface area (Å²) in [7, 11) is 0. The zero-order chi connectivity index (χ0) is 13.9. The lowest BCUT2D eigenvalue weighted by Crippen LogP contribution is -2.13. The van der Waals surface area contributed by atoms with E-state index in [0.29, 0.717) is 12.5 Å². The van der Waals surface area contributed by atoms with Gasteiger partial charge in [0.1, 0.15) is 11.6 Å². The molecule has 3 heteroatoms. The molecule has 0 heterocycles. The van der Waals surface area contributed by atoms with Gasteiger partial charge in [0.2, 0.25) is 0 Å². The van der Waals surface area contributed by atoms with E-state index in [2.05, 4.69) is 0 Å². The molecule has 0 aliphatic heterocycles. The quantitative estimate of drug-likeness (QED) is 0.901. The van der Waals surface area contributed by atoms with Crippen molar-refractivity contribution in [2.75, 3.05) is 0 Å². The smallest absolute Gasteiger partial charge is 0.123 e. The second kappa shape index (κ2) is 5.63. The van der Waals surface area contributed by atoms with Crippen LogP contribution in [0.5, 0.6) is 5.75 Å². The van der Waals surface area contributed by atoms with Gasteiger partial charge in [-0.15, -0.1) is 0 Å². The highest BCUT2D eigenvalue weighted by molar-refractivity contribution is 5.32. The number of ether oxygens (including phenoxy) is 1. The van der Waals surface area contributed by atoms with Crippen molar-refractivity contribution in [2.24, 2.45) is 5.73 Å². The predicted molar refractivity (Wildman–Crippen MR) is 77.1 cm³/mol. The maximum Gasteiger partial charge on any atom is 0.123 e. The van der Waals surface area contributed by atoms with Crippen LogP contribution in [0.3, 0.4) is 0 Å². The summed E-state index contributed by atoms with van der Waals surface area (Å²) in [6.07, 6.45) is 3.27. The van der Waals surface area contributed by atoms with E-state index in [4.69, 9.17) is 10.5 Å². The molecule has 0 bridgehead atoms. The molecule has 0 amide bonds. The first-order valence-electron chi connectivity index (χ1n) is 6.97. The van der Waals surface area contributed by atoms with Crippen molar-refractivity contribution in [2.45, 2.75) is 31.4 Å². The van der Waals surface area contributed by atoms with Crippen molar-refractivity contribution >= 4 is 0 Å². The van der Waals surface area contributed by atoms with Crippen LogP contribution >= 0.6 is 0 Å². The number of nitrogens with two attached hydrogens (primary N) is 1. The van der Waals surface area contributed by atoms with Gasteiger partial charge in [-0.2, -0.15) is 0 Å². The fourth-order valence-electron chi connectivity index (χ4n) is 2.23. The van der Waals surface area contributed by atoms with Gasteiger partial charge in [-0.1, -0.05) is 24.3 Å². The minimum atomic E-state index is -0.222. The summed E-state index contributed by atoms with van der Waals surface area (Å²) in [4.78, 5) is 0. The Labute approximate surface area is 118 Å². The van der Waals surface area contributed by atoms with Crippen molar-refractivity contribution in [1.29, 1.82) is 0 Å². The van der Waals surface area contributed by atoms with Crippen molar-refractivity contribution in [3.8, 4) is 5.75 Å². The molecule has 1 saturated carbocycles. The Morgan fingerprint density at radius 2 is 1.95 bits per heavy atom. The molecule has 2 nitrogen and oxygen atoms in total. The molecule has 3 rings (SSSR count). The van der Waals surface area contributed by atoms with Crippen LogP contribution in [0.1, 0.15) is 30.0 Å². The molecule has 1 unspecified atom stereocenters. The first kappa shape index (κ1) is 13.1. The molecule has 0 spiro atoms. The third-order valence-electron chi connectivity index (χ3n) is 3.46. The monoisotopic (exact) mass is 271 g/mol. The molecular weight excluding hydrogens is 253 g/mol. The molecule has 2 N–H and O–H groups in total. The molecule has 0 aromatic heterocycles. The summed E-state index contributed by atoms with van der Waals surface area (Å²) < 4.78 is 18.9. The fourth-order valence-corrected chi connectivity index (χ4v) is 2.23. The second-order valence-corrected chi connectivity index (χ2v) is 5.33. The summed E-state index contributed by atoms with van der Waals surface area (Å²) in [6.45, 7) is 0. The molecule has 104 valence electrons. The van der Waals surface area contributed by atoms with E-state index in [0.717, 1.165) is 29.7 Å². The van der Waals surface area contributed by atoms with Crippen LogP contribution in [0.15, 0.2) is 48.5 Å². The van der Waals surface area contributed by atoms with Crippen LogP contribution in [0.4, 0.5) is 4.39 Å². The Bertz CT molecular complexity index is 595. The Morgan fingerprint density at radius 1 is 1.15 bits per heavy atom. The van der Waals surface area contributed by atoms with Gasteiger partial charge in [0.05, 0.1) is 6.10 Å². The second-order valence-electron chi connectivity index (χ2n) is 5.33. The van der Waals surface area contributed by atoms with E-state index in [1.54, 1.807) is 6.07 Å². The normalized spacial score (nSPS) is 15.9. The van der Waals surface area contributed by atoms with E-state index in [1.165, 1.54) is 12.1 Å². The maximum atomic E-state index is 13.2. The average molecular weight is 271 g/mol. The van der Waals surface area contributed by atoms with Crippen molar-refractivity contribution < 1.29 is 9.13 Å². The van der Waals surface area contributed by atoms with Crippen LogP contribution in [0, 0.1) is 5.82 Å². The Balaban J connectivity index is 1.71. The third-order valence-corrected chi connectivity index (χ3v) is 3.46. The van der Waals surface area contributed by atoms with Gasteiger partial charge in [-0.05, 0) is 54.7 Å². The van der Waals surface area contributed by atoms with Crippen molar-refractivity contribution in [3.05, 3.63) is 65.5 Å². The summed E-state index contributed by atoms with van der Waals surface area (Å²) >= 11 is 0. The zero-order valence-corrected chi connectivity index (χ0v) is 11.3. The number of hydrogen-bond acceptors (Lipinski definition) is 2. The first-order chi connectivity index (χ1) is 9.70. The first-order valence-corrected chi connectivity index (χ1v) is 6.97. The van der Waals surface area contributed by atoms with Crippen LogP contribution in [-0.4, -0.2) is 6.10 Å². The van der Waals surface area contributed by atoms with Crippen LogP contribution in [0.2, 0.25) is 0 Å². The van der Waals surface area contributed by atoms with Crippen molar-refractivity contribution in [1.82, 2.24) is 0 Å². The molecule has 2 aromatic carbocycles. The van der Waals surface area contributed by atoms with Gasteiger partial charge >= 0.3 is 0 Å². The van der Waals surface area contributed by atoms with Gasteiger partial charge in [-0.3, -0.25) is 0 Å². The van der Waals surface area contributed by atoms with E-state index >= 15 is 0 Å². The van der Waals surface area contributed by atoms with Gasteiger partial charge in [-0.25, -0.2) is 4.39 Å². The van der Waals surface area contributed by atoms with E-state index in [9.17, 15) is 4.39 Å². The molecule has 1 aliphatic rings. The minimum Gasteiger partial charge on any atom is -0.490 e. The summed E-state index contributed by atoms with van der Waals surface area (Å²) in [5.41, 5.74) is 8.14. The van der Waals surface area contributed by atoms with Gasteiger partial charge < -0.3 is 10.5 Å². The fraction of sp³-hybridized carbons (Fsp3) is 0.294. The average Bonchev–Trinajstić information content (AvgIpc) is 3.23. The molecule has 1 fully saturated rings. The van der Waals surface area contributed by atoms with Crippen LogP contribution in [0.25, 0.3) is 0 Å². The molecule has 0 saturated heterocycles. The van der Waals surface area contributed by atoms with Gasteiger partial charge in [0.25, 0.3) is 0 Å². The largest absolute Gasteiger partial charge is 0.490 e. The number of rotatable bonds is 5. The van der Waals surface area contributed by atoms with Crippen LogP contribution < -0.4 is 10.5 Å². The SMILES string of the molecule is NC(Cc1cccc(F)c1)c1cccc(OC2CC2)c1. The van der Waals surface area contributed by atoms with Gasteiger partial charge in [0, 0.05) is 6.04 Å². The minimum absolute atomic E-state index is 0.153. The van der Waals surface area contributed by atoms with Gasteiger partial charge in [0.15, 0.2) is 0 Å². The molecule has 20 heavy (non-hydrogen) atoms. The summed E-state index contributed by atoms with van der Waals surface area (Å²) in [5, 5.41) is 0. The summed E-state index contributed by atoms with van der Waals surface area (Å²) in [5.74, 6) is 0.653.